The average molecular weight is 287 g/mol. The second-order valence-corrected chi connectivity index (χ2v) is 5.84. The third-order valence-corrected chi connectivity index (χ3v) is 4.37. The molecular formula is C18H25NO2. The van der Waals surface area contributed by atoms with Crippen molar-refractivity contribution in [2.45, 2.75) is 50.9 Å². The first-order valence-corrected chi connectivity index (χ1v) is 7.66. The predicted molar refractivity (Wildman–Crippen MR) is 85.0 cm³/mol. The lowest BCUT2D eigenvalue weighted by Crippen LogP contribution is -2.59. The summed E-state index contributed by atoms with van der Waals surface area (Å²) in [7, 11) is 1.87. The number of amides is 1. The van der Waals surface area contributed by atoms with Crippen molar-refractivity contribution in [1.82, 2.24) is 4.90 Å². The van der Waals surface area contributed by atoms with Gasteiger partial charge in [-0.05, 0) is 18.9 Å². The van der Waals surface area contributed by atoms with E-state index in [1.54, 1.807) is 6.08 Å². The Morgan fingerprint density at radius 2 is 2.05 bits per heavy atom. The predicted octanol–water partition coefficient (Wildman–Crippen LogP) is 3.72. The number of rotatable bonds is 5. The van der Waals surface area contributed by atoms with Gasteiger partial charge in [0.2, 0.25) is 0 Å². The summed E-state index contributed by atoms with van der Waals surface area (Å²) in [6.45, 7) is 7.93. The minimum absolute atomic E-state index is 0.0229. The van der Waals surface area contributed by atoms with Crippen LogP contribution >= 0.6 is 0 Å². The topological polar surface area (TPSA) is 29.5 Å². The zero-order chi connectivity index (χ0) is 15.5. The van der Waals surface area contributed by atoms with Crippen LogP contribution in [0.4, 0.5) is 0 Å². The molecule has 0 spiro atoms. The molecule has 1 fully saturated rings. The molecule has 0 saturated carbocycles. The summed E-state index contributed by atoms with van der Waals surface area (Å²) in [4.78, 5) is 14.6. The van der Waals surface area contributed by atoms with Crippen molar-refractivity contribution in [3.8, 4) is 0 Å². The van der Waals surface area contributed by atoms with Gasteiger partial charge in [-0.2, -0.15) is 0 Å². The van der Waals surface area contributed by atoms with Gasteiger partial charge in [0.05, 0.1) is 6.04 Å². The molecular weight excluding hydrogens is 262 g/mol. The number of likely N-dealkylation sites (N-methyl/N-ethyl adjacent to an activating group) is 1. The van der Waals surface area contributed by atoms with Crippen LogP contribution in [0.5, 0.6) is 0 Å². The van der Waals surface area contributed by atoms with E-state index < -0.39 is 5.60 Å². The van der Waals surface area contributed by atoms with Crippen LogP contribution in [0.25, 0.3) is 0 Å². The highest BCUT2D eigenvalue weighted by atomic mass is 16.5. The van der Waals surface area contributed by atoms with E-state index in [9.17, 15) is 4.79 Å². The second-order valence-electron chi connectivity index (χ2n) is 5.84. The lowest BCUT2D eigenvalue weighted by atomic mass is 9.87. The number of hydrogen-bond donors (Lipinski definition) is 0. The number of nitrogens with zero attached hydrogens (tertiary/aromatic N) is 1. The zero-order valence-electron chi connectivity index (χ0n) is 13.2. The number of carbonyl (C=O) groups excluding carboxylic acids is 1. The van der Waals surface area contributed by atoms with Crippen molar-refractivity contribution in [3.63, 3.8) is 0 Å². The van der Waals surface area contributed by atoms with Crippen LogP contribution < -0.4 is 0 Å². The van der Waals surface area contributed by atoms with Crippen LogP contribution in [0, 0.1) is 0 Å². The van der Waals surface area contributed by atoms with E-state index in [4.69, 9.17) is 4.74 Å². The van der Waals surface area contributed by atoms with E-state index in [2.05, 4.69) is 25.6 Å². The fraction of sp³-hybridized carbons (Fsp3) is 0.500. The Bertz CT molecular complexity index is 499. The summed E-state index contributed by atoms with van der Waals surface area (Å²) in [6, 6.07) is 10.2. The molecule has 3 atom stereocenters. The molecule has 21 heavy (non-hydrogen) atoms. The molecule has 1 heterocycles. The van der Waals surface area contributed by atoms with Crippen molar-refractivity contribution in [2.75, 3.05) is 7.05 Å². The fourth-order valence-electron chi connectivity index (χ4n) is 3.13. The SMILES string of the molecule is C=CC[C@@]1(CCC)O[C@H](c2ccccc2)[C@H](C)N(C)C1=O. The molecule has 0 bridgehead atoms. The lowest BCUT2D eigenvalue weighted by molar-refractivity contribution is -0.197. The first kappa shape index (κ1) is 15.8. The quantitative estimate of drug-likeness (QED) is 0.772. The van der Waals surface area contributed by atoms with Crippen LogP contribution in [0.2, 0.25) is 0 Å². The Hall–Kier alpha value is -1.61. The molecule has 0 aliphatic carbocycles. The zero-order valence-corrected chi connectivity index (χ0v) is 13.2. The Balaban J connectivity index is 2.39. The maximum Gasteiger partial charge on any atom is 0.255 e. The van der Waals surface area contributed by atoms with Crippen molar-refractivity contribution >= 4 is 5.91 Å². The molecule has 0 aromatic heterocycles. The van der Waals surface area contributed by atoms with Gasteiger partial charge in [-0.25, -0.2) is 0 Å². The Morgan fingerprint density at radius 3 is 2.62 bits per heavy atom. The number of morpholine rings is 1. The highest BCUT2D eigenvalue weighted by Crippen LogP contribution is 2.40. The Labute approximate surface area is 127 Å². The van der Waals surface area contributed by atoms with Gasteiger partial charge < -0.3 is 9.64 Å². The second kappa shape index (κ2) is 6.44. The van der Waals surface area contributed by atoms with Crippen LogP contribution in [0.3, 0.4) is 0 Å². The van der Waals surface area contributed by atoms with Gasteiger partial charge in [-0.15, -0.1) is 6.58 Å². The van der Waals surface area contributed by atoms with Gasteiger partial charge in [0.25, 0.3) is 5.91 Å². The van der Waals surface area contributed by atoms with Crippen molar-refractivity contribution in [1.29, 1.82) is 0 Å². The standard InChI is InChI=1S/C18H25NO2/c1-5-12-18(13-6-2)17(20)19(4)14(3)16(21-18)15-10-8-7-9-11-15/h5,7-11,14,16H,1,6,12-13H2,2-4H3/t14-,16-,18-/m0/s1. The first-order chi connectivity index (χ1) is 10.1. The summed E-state index contributed by atoms with van der Waals surface area (Å²) in [5.74, 6) is 0.0731. The molecule has 1 aromatic rings. The van der Waals surface area contributed by atoms with E-state index in [-0.39, 0.29) is 18.1 Å². The highest BCUT2D eigenvalue weighted by molar-refractivity contribution is 5.86. The van der Waals surface area contributed by atoms with Crippen molar-refractivity contribution in [2.24, 2.45) is 0 Å². The largest absolute Gasteiger partial charge is 0.355 e. The van der Waals surface area contributed by atoms with Crippen molar-refractivity contribution in [3.05, 3.63) is 48.6 Å². The molecule has 0 unspecified atom stereocenters. The van der Waals surface area contributed by atoms with Gasteiger partial charge >= 0.3 is 0 Å². The Morgan fingerprint density at radius 1 is 1.38 bits per heavy atom. The molecule has 1 aromatic carbocycles. The molecule has 3 nitrogen and oxygen atoms in total. The molecule has 2 rings (SSSR count). The van der Waals surface area contributed by atoms with E-state index in [1.165, 1.54) is 0 Å². The number of ether oxygens (including phenoxy) is 1. The maximum atomic E-state index is 12.8. The maximum absolute atomic E-state index is 12.8. The van der Waals surface area contributed by atoms with Gasteiger partial charge in [0.1, 0.15) is 6.10 Å². The molecule has 3 heteroatoms. The number of benzene rings is 1. The number of carbonyl (C=O) groups is 1. The smallest absolute Gasteiger partial charge is 0.255 e. The van der Waals surface area contributed by atoms with Crippen LogP contribution in [0.15, 0.2) is 43.0 Å². The van der Waals surface area contributed by atoms with E-state index in [0.717, 1.165) is 18.4 Å². The van der Waals surface area contributed by atoms with Gasteiger partial charge in [0.15, 0.2) is 5.60 Å². The van der Waals surface area contributed by atoms with E-state index >= 15 is 0 Å². The summed E-state index contributed by atoms with van der Waals surface area (Å²) in [5.41, 5.74) is 0.354. The van der Waals surface area contributed by atoms with Gasteiger partial charge in [-0.3, -0.25) is 4.79 Å². The van der Waals surface area contributed by atoms with Crippen molar-refractivity contribution < 1.29 is 9.53 Å². The van der Waals surface area contributed by atoms with Crippen LogP contribution in [-0.2, 0) is 9.53 Å². The molecule has 1 aliphatic rings. The van der Waals surface area contributed by atoms with Gasteiger partial charge in [-0.1, -0.05) is 49.8 Å². The minimum Gasteiger partial charge on any atom is -0.355 e. The molecule has 1 aliphatic heterocycles. The summed E-state index contributed by atoms with van der Waals surface area (Å²) < 4.78 is 6.37. The molecule has 0 N–H and O–H groups in total. The fourth-order valence-corrected chi connectivity index (χ4v) is 3.13. The Kier molecular flexibility index (Phi) is 4.84. The summed E-state index contributed by atoms with van der Waals surface area (Å²) in [6.07, 6.45) is 3.88. The minimum atomic E-state index is -0.766. The lowest BCUT2D eigenvalue weighted by Gasteiger charge is -2.48. The molecule has 1 amide bonds. The number of hydrogen-bond acceptors (Lipinski definition) is 2. The summed E-state index contributed by atoms with van der Waals surface area (Å²) in [5, 5.41) is 0. The molecule has 114 valence electrons. The first-order valence-electron chi connectivity index (χ1n) is 7.66. The van der Waals surface area contributed by atoms with Crippen LogP contribution in [-0.4, -0.2) is 29.5 Å². The third kappa shape index (κ3) is 2.88. The van der Waals surface area contributed by atoms with Crippen LogP contribution in [0.1, 0.15) is 44.8 Å². The van der Waals surface area contributed by atoms with E-state index in [1.807, 2.05) is 37.1 Å². The summed E-state index contributed by atoms with van der Waals surface area (Å²) >= 11 is 0. The average Bonchev–Trinajstić information content (AvgIpc) is 2.50. The van der Waals surface area contributed by atoms with E-state index in [0.29, 0.717) is 6.42 Å². The molecule has 1 saturated heterocycles. The monoisotopic (exact) mass is 287 g/mol. The highest BCUT2D eigenvalue weighted by Gasteiger charge is 2.49. The third-order valence-electron chi connectivity index (χ3n) is 4.37. The normalized spacial score (nSPS) is 29.5. The van der Waals surface area contributed by atoms with Gasteiger partial charge in [0, 0.05) is 13.5 Å². The molecule has 0 radical (unpaired) electrons.